The Labute approximate surface area is 104 Å². The minimum absolute atomic E-state index is 0.0508. The van der Waals surface area contributed by atoms with Crippen molar-refractivity contribution in [2.75, 3.05) is 13.1 Å². The molecule has 0 unspecified atom stereocenters. The van der Waals surface area contributed by atoms with Gasteiger partial charge in [-0.15, -0.1) is 0 Å². The Balaban J connectivity index is 1.71. The monoisotopic (exact) mass is 243 g/mol. The van der Waals surface area contributed by atoms with Crippen LogP contribution < -0.4 is 0 Å². The first-order valence-corrected chi connectivity index (χ1v) is 5.89. The van der Waals surface area contributed by atoms with Gasteiger partial charge in [0.05, 0.1) is 6.20 Å². The Bertz CT molecular complexity index is 525. The molecule has 0 aromatic carbocycles. The minimum atomic E-state index is -0.0508. The second-order valence-electron chi connectivity index (χ2n) is 4.34. The normalized spacial score (nSPS) is 19.1. The van der Waals surface area contributed by atoms with Crippen molar-refractivity contribution >= 4 is 5.91 Å². The van der Waals surface area contributed by atoms with Gasteiger partial charge in [-0.05, 0) is 12.5 Å². The molecule has 1 fully saturated rings. The van der Waals surface area contributed by atoms with Gasteiger partial charge in [0.25, 0.3) is 5.91 Å². The van der Waals surface area contributed by atoms with Crippen molar-refractivity contribution in [2.24, 2.45) is 0 Å². The number of rotatable bonds is 2. The summed E-state index contributed by atoms with van der Waals surface area (Å²) < 4.78 is 0. The molecular formula is C12H13N5O. The SMILES string of the molecule is O=C(c1cnccn1)N1CC[C@@H](c2ccn[nH]2)C1. The first kappa shape index (κ1) is 10.9. The van der Waals surface area contributed by atoms with Crippen molar-refractivity contribution < 1.29 is 4.79 Å². The lowest BCUT2D eigenvalue weighted by atomic mass is 10.1. The highest BCUT2D eigenvalue weighted by atomic mass is 16.2. The number of amides is 1. The first-order valence-electron chi connectivity index (χ1n) is 5.89. The van der Waals surface area contributed by atoms with E-state index in [2.05, 4.69) is 20.2 Å². The maximum absolute atomic E-state index is 12.2. The van der Waals surface area contributed by atoms with E-state index in [1.54, 1.807) is 12.4 Å². The Kier molecular flexibility index (Phi) is 2.76. The zero-order valence-electron chi connectivity index (χ0n) is 9.78. The molecule has 6 nitrogen and oxygen atoms in total. The van der Waals surface area contributed by atoms with Crippen molar-refractivity contribution in [1.29, 1.82) is 0 Å². The number of hydrogen-bond donors (Lipinski definition) is 1. The topological polar surface area (TPSA) is 74.8 Å². The Morgan fingerprint density at radius 1 is 1.39 bits per heavy atom. The van der Waals surface area contributed by atoms with E-state index in [-0.39, 0.29) is 5.91 Å². The van der Waals surface area contributed by atoms with Crippen LogP contribution in [0.3, 0.4) is 0 Å². The molecule has 2 aromatic rings. The predicted octanol–water partition coefficient (Wildman–Crippen LogP) is 0.829. The highest BCUT2D eigenvalue weighted by molar-refractivity contribution is 5.92. The van der Waals surface area contributed by atoms with Crippen LogP contribution in [0.4, 0.5) is 0 Å². The van der Waals surface area contributed by atoms with Crippen LogP contribution in [0.15, 0.2) is 30.9 Å². The van der Waals surface area contributed by atoms with E-state index >= 15 is 0 Å². The molecule has 1 atom stereocenters. The largest absolute Gasteiger partial charge is 0.337 e. The zero-order valence-corrected chi connectivity index (χ0v) is 9.78. The van der Waals surface area contributed by atoms with Gasteiger partial charge >= 0.3 is 0 Å². The van der Waals surface area contributed by atoms with Crippen LogP contribution in [-0.4, -0.2) is 44.1 Å². The van der Waals surface area contributed by atoms with E-state index < -0.39 is 0 Å². The summed E-state index contributed by atoms with van der Waals surface area (Å²) >= 11 is 0. The molecule has 2 aromatic heterocycles. The van der Waals surface area contributed by atoms with Gasteiger partial charge in [0, 0.05) is 43.3 Å². The van der Waals surface area contributed by atoms with Crippen molar-refractivity contribution in [3.63, 3.8) is 0 Å². The standard InChI is InChI=1S/C12H13N5O/c18-12(11-7-13-4-5-14-11)17-6-2-9(8-17)10-1-3-15-16-10/h1,3-5,7,9H,2,6,8H2,(H,15,16)/t9-/m1/s1. The quantitative estimate of drug-likeness (QED) is 0.847. The lowest BCUT2D eigenvalue weighted by Gasteiger charge is -2.15. The summed E-state index contributed by atoms with van der Waals surface area (Å²) in [5, 5.41) is 6.91. The molecule has 92 valence electrons. The number of H-pyrrole nitrogens is 1. The molecule has 0 bridgehead atoms. The van der Waals surface area contributed by atoms with E-state index in [1.807, 2.05) is 11.0 Å². The summed E-state index contributed by atoms with van der Waals surface area (Å²) in [6.45, 7) is 1.46. The van der Waals surface area contributed by atoms with Crippen LogP contribution in [0.5, 0.6) is 0 Å². The summed E-state index contributed by atoms with van der Waals surface area (Å²) in [6.07, 6.45) is 7.30. The van der Waals surface area contributed by atoms with E-state index in [0.717, 1.165) is 18.7 Å². The second kappa shape index (κ2) is 4.56. The smallest absolute Gasteiger partial charge is 0.274 e. The van der Waals surface area contributed by atoms with Crippen molar-refractivity contribution in [2.45, 2.75) is 12.3 Å². The molecule has 3 rings (SSSR count). The fourth-order valence-corrected chi connectivity index (χ4v) is 2.26. The van der Waals surface area contributed by atoms with Crippen LogP contribution in [-0.2, 0) is 0 Å². The summed E-state index contributed by atoms with van der Waals surface area (Å²) in [7, 11) is 0. The highest BCUT2D eigenvalue weighted by Gasteiger charge is 2.29. The Morgan fingerprint density at radius 3 is 3.06 bits per heavy atom. The third kappa shape index (κ3) is 1.97. The highest BCUT2D eigenvalue weighted by Crippen LogP contribution is 2.26. The van der Waals surface area contributed by atoms with Gasteiger partial charge in [0.2, 0.25) is 0 Å². The molecule has 0 spiro atoms. The fourth-order valence-electron chi connectivity index (χ4n) is 2.26. The molecule has 1 aliphatic rings. The van der Waals surface area contributed by atoms with Gasteiger partial charge in [-0.3, -0.25) is 14.9 Å². The number of carbonyl (C=O) groups excluding carboxylic acids is 1. The lowest BCUT2D eigenvalue weighted by molar-refractivity contribution is 0.0784. The minimum Gasteiger partial charge on any atom is -0.337 e. The van der Waals surface area contributed by atoms with Crippen molar-refractivity contribution in [3.8, 4) is 0 Å². The molecule has 1 saturated heterocycles. The predicted molar refractivity (Wildman–Crippen MR) is 63.9 cm³/mol. The summed E-state index contributed by atoms with van der Waals surface area (Å²) in [5.74, 6) is 0.290. The van der Waals surface area contributed by atoms with E-state index in [4.69, 9.17) is 0 Å². The molecular weight excluding hydrogens is 230 g/mol. The first-order chi connectivity index (χ1) is 8.84. The van der Waals surface area contributed by atoms with Crippen molar-refractivity contribution in [3.05, 3.63) is 42.2 Å². The molecule has 3 heterocycles. The van der Waals surface area contributed by atoms with Gasteiger partial charge in [0.1, 0.15) is 5.69 Å². The summed E-state index contributed by atoms with van der Waals surface area (Å²) in [4.78, 5) is 21.9. The third-order valence-corrected chi connectivity index (χ3v) is 3.22. The van der Waals surface area contributed by atoms with Gasteiger partial charge < -0.3 is 4.90 Å². The number of nitrogens with one attached hydrogen (secondary N) is 1. The summed E-state index contributed by atoms with van der Waals surface area (Å²) in [5.41, 5.74) is 1.49. The molecule has 6 heteroatoms. The molecule has 0 saturated carbocycles. The second-order valence-corrected chi connectivity index (χ2v) is 4.34. The van der Waals surface area contributed by atoms with Crippen LogP contribution >= 0.6 is 0 Å². The van der Waals surface area contributed by atoms with Gasteiger partial charge in [0.15, 0.2) is 0 Å². The Morgan fingerprint density at radius 2 is 2.33 bits per heavy atom. The van der Waals surface area contributed by atoms with Gasteiger partial charge in [-0.2, -0.15) is 5.10 Å². The van der Waals surface area contributed by atoms with Crippen LogP contribution in [0, 0.1) is 0 Å². The van der Waals surface area contributed by atoms with Crippen molar-refractivity contribution in [1.82, 2.24) is 25.1 Å². The average Bonchev–Trinajstić information content (AvgIpc) is 3.09. The maximum atomic E-state index is 12.2. The molecule has 1 aliphatic heterocycles. The number of hydrogen-bond acceptors (Lipinski definition) is 4. The number of aromatic amines is 1. The zero-order chi connectivity index (χ0) is 12.4. The van der Waals surface area contributed by atoms with E-state index in [1.165, 1.54) is 12.4 Å². The molecule has 0 radical (unpaired) electrons. The Hall–Kier alpha value is -2.24. The fraction of sp³-hybridized carbons (Fsp3) is 0.333. The van der Waals surface area contributed by atoms with Gasteiger partial charge in [-0.1, -0.05) is 0 Å². The lowest BCUT2D eigenvalue weighted by Crippen LogP contribution is -2.29. The van der Waals surface area contributed by atoms with Gasteiger partial charge in [-0.25, -0.2) is 4.98 Å². The number of carbonyl (C=O) groups is 1. The maximum Gasteiger partial charge on any atom is 0.274 e. The van der Waals surface area contributed by atoms with E-state index in [0.29, 0.717) is 18.2 Å². The van der Waals surface area contributed by atoms with Crippen LogP contribution in [0.2, 0.25) is 0 Å². The molecule has 0 aliphatic carbocycles. The molecule has 18 heavy (non-hydrogen) atoms. The summed E-state index contributed by atoms with van der Waals surface area (Å²) in [6, 6.07) is 1.96. The third-order valence-electron chi connectivity index (χ3n) is 3.22. The van der Waals surface area contributed by atoms with E-state index in [9.17, 15) is 4.79 Å². The number of nitrogens with zero attached hydrogens (tertiary/aromatic N) is 4. The molecule has 1 N–H and O–H groups in total. The number of likely N-dealkylation sites (tertiary alicyclic amines) is 1. The van der Waals surface area contributed by atoms with Crippen LogP contribution in [0.25, 0.3) is 0 Å². The molecule has 1 amide bonds. The average molecular weight is 243 g/mol. The number of aromatic nitrogens is 4. The van der Waals surface area contributed by atoms with Crippen LogP contribution in [0.1, 0.15) is 28.5 Å².